The van der Waals surface area contributed by atoms with Crippen molar-refractivity contribution in [2.75, 3.05) is 5.32 Å². The van der Waals surface area contributed by atoms with Gasteiger partial charge in [0, 0.05) is 34.7 Å². The number of nitrogens with one attached hydrogen (secondary N) is 2. The van der Waals surface area contributed by atoms with Crippen LogP contribution < -0.4 is 10.6 Å². The molecule has 0 radical (unpaired) electrons. The van der Waals surface area contributed by atoms with Crippen molar-refractivity contribution in [2.24, 2.45) is 0 Å². The van der Waals surface area contributed by atoms with Gasteiger partial charge in [-0.05, 0) is 48.0 Å². The van der Waals surface area contributed by atoms with Crippen LogP contribution in [0.15, 0.2) is 77.5 Å². The topological polar surface area (TPSA) is 71.1 Å². The number of pyridine rings is 1. The van der Waals surface area contributed by atoms with Gasteiger partial charge in [-0.25, -0.2) is 0 Å². The van der Waals surface area contributed by atoms with Crippen LogP contribution in [0.2, 0.25) is 0 Å². The highest BCUT2D eigenvalue weighted by Gasteiger charge is 2.10. The molecule has 1 aromatic heterocycles. The molecule has 0 aliphatic rings. The molecule has 0 fully saturated rings. The number of nitrogens with zero attached hydrogens (tertiary/aromatic N) is 1. The van der Waals surface area contributed by atoms with Gasteiger partial charge >= 0.3 is 0 Å². The number of carbonyl (C=O) groups is 2. The van der Waals surface area contributed by atoms with Gasteiger partial charge in [0.05, 0.1) is 5.56 Å². The summed E-state index contributed by atoms with van der Waals surface area (Å²) < 4.78 is 0.914. The maximum absolute atomic E-state index is 12.3. The van der Waals surface area contributed by atoms with Crippen LogP contribution in [-0.2, 0) is 6.54 Å². The number of amides is 2. The van der Waals surface area contributed by atoms with Crippen molar-refractivity contribution < 1.29 is 9.59 Å². The summed E-state index contributed by atoms with van der Waals surface area (Å²) in [7, 11) is 0. The number of rotatable bonds is 5. The molecule has 2 amide bonds. The number of anilines is 1. The summed E-state index contributed by atoms with van der Waals surface area (Å²) >= 11 is 3.35. The monoisotopic (exact) mass is 409 g/mol. The van der Waals surface area contributed by atoms with Crippen LogP contribution in [0, 0.1) is 0 Å². The molecule has 0 bridgehead atoms. The van der Waals surface area contributed by atoms with Gasteiger partial charge in [0.1, 0.15) is 0 Å². The van der Waals surface area contributed by atoms with Crippen LogP contribution >= 0.6 is 15.9 Å². The van der Waals surface area contributed by atoms with E-state index in [0.29, 0.717) is 23.4 Å². The second kappa shape index (κ2) is 8.40. The third-order valence-corrected chi connectivity index (χ3v) is 4.26. The van der Waals surface area contributed by atoms with Crippen molar-refractivity contribution in [1.29, 1.82) is 0 Å². The van der Waals surface area contributed by atoms with E-state index in [1.54, 1.807) is 36.5 Å². The fraction of sp³-hybridized carbons (Fsp3) is 0.0500. The van der Waals surface area contributed by atoms with E-state index < -0.39 is 0 Å². The zero-order valence-corrected chi connectivity index (χ0v) is 15.4. The van der Waals surface area contributed by atoms with Crippen LogP contribution in [0.5, 0.6) is 0 Å². The van der Waals surface area contributed by atoms with Crippen LogP contribution in [0.25, 0.3) is 0 Å². The molecular weight excluding hydrogens is 394 g/mol. The smallest absolute Gasteiger partial charge is 0.257 e. The van der Waals surface area contributed by atoms with Gasteiger partial charge in [-0.15, -0.1) is 0 Å². The first-order chi connectivity index (χ1) is 12.6. The van der Waals surface area contributed by atoms with Crippen LogP contribution in [-0.4, -0.2) is 16.8 Å². The first-order valence-corrected chi connectivity index (χ1v) is 8.76. The summed E-state index contributed by atoms with van der Waals surface area (Å²) in [6.45, 7) is 0.304. The number of hydrogen-bond acceptors (Lipinski definition) is 3. The Hall–Kier alpha value is -2.99. The normalized spacial score (nSPS) is 10.2. The van der Waals surface area contributed by atoms with Crippen molar-refractivity contribution in [1.82, 2.24) is 10.3 Å². The SMILES string of the molecule is O=C(NCc1ccccc1NC(=O)c1cccnc1)c1ccc(Br)cc1. The van der Waals surface area contributed by atoms with Gasteiger partial charge in [-0.2, -0.15) is 0 Å². The highest BCUT2D eigenvalue weighted by atomic mass is 79.9. The van der Waals surface area contributed by atoms with Crippen LogP contribution in [0.3, 0.4) is 0 Å². The van der Waals surface area contributed by atoms with E-state index in [9.17, 15) is 9.59 Å². The molecule has 0 atom stereocenters. The first-order valence-electron chi connectivity index (χ1n) is 7.96. The third kappa shape index (κ3) is 4.55. The van der Waals surface area contributed by atoms with Gasteiger partial charge < -0.3 is 10.6 Å². The van der Waals surface area contributed by atoms with Crippen molar-refractivity contribution in [3.63, 3.8) is 0 Å². The average molecular weight is 410 g/mol. The van der Waals surface area contributed by atoms with E-state index in [1.165, 1.54) is 6.20 Å². The molecule has 0 saturated heterocycles. The quantitative estimate of drug-likeness (QED) is 0.668. The Morgan fingerprint density at radius 3 is 2.38 bits per heavy atom. The summed E-state index contributed by atoms with van der Waals surface area (Å²) in [5.41, 5.74) is 2.51. The molecule has 26 heavy (non-hydrogen) atoms. The minimum absolute atomic E-state index is 0.175. The van der Waals surface area contributed by atoms with Gasteiger partial charge in [0.2, 0.25) is 0 Å². The Morgan fingerprint density at radius 2 is 1.65 bits per heavy atom. The van der Waals surface area contributed by atoms with E-state index in [0.717, 1.165) is 10.0 Å². The number of carbonyl (C=O) groups excluding carboxylic acids is 2. The van der Waals surface area contributed by atoms with Gasteiger partial charge in [-0.3, -0.25) is 14.6 Å². The molecule has 2 N–H and O–H groups in total. The largest absolute Gasteiger partial charge is 0.348 e. The molecule has 0 spiro atoms. The van der Waals surface area contributed by atoms with Crippen LogP contribution in [0.1, 0.15) is 26.3 Å². The third-order valence-electron chi connectivity index (χ3n) is 3.74. The summed E-state index contributed by atoms with van der Waals surface area (Å²) in [5, 5.41) is 5.73. The molecule has 3 rings (SSSR count). The number of hydrogen-bond donors (Lipinski definition) is 2. The number of aromatic nitrogens is 1. The minimum Gasteiger partial charge on any atom is -0.348 e. The zero-order chi connectivity index (χ0) is 18.4. The van der Waals surface area contributed by atoms with Crippen molar-refractivity contribution >= 4 is 33.4 Å². The second-order valence-electron chi connectivity index (χ2n) is 5.54. The van der Waals surface area contributed by atoms with E-state index in [-0.39, 0.29) is 11.8 Å². The minimum atomic E-state index is -0.246. The number of halogens is 1. The molecule has 0 aliphatic heterocycles. The lowest BCUT2D eigenvalue weighted by Gasteiger charge is -2.12. The van der Waals surface area contributed by atoms with Gasteiger partial charge in [0.25, 0.3) is 11.8 Å². The standard InChI is InChI=1S/C20H16BrN3O2/c21-17-9-7-14(8-10-17)19(25)23-13-15-4-1-2-6-18(15)24-20(26)16-5-3-11-22-12-16/h1-12H,13H2,(H,23,25)(H,24,26). The van der Waals surface area contributed by atoms with Crippen LogP contribution in [0.4, 0.5) is 5.69 Å². The molecule has 5 nitrogen and oxygen atoms in total. The van der Waals surface area contributed by atoms with Crippen molar-refractivity contribution in [2.45, 2.75) is 6.54 Å². The molecule has 0 unspecified atom stereocenters. The van der Waals surface area contributed by atoms with Crippen molar-refractivity contribution in [3.05, 3.63) is 94.2 Å². The van der Waals surface area contributed by atoms with E-state index >= 15 is 0 Å². The highest BCUT2D eigenvalue weighted by Crippen LogP contribution is 2.16. The first kappa shape index (κ1) is 17.8. The summed E-state index contributed by atoms with van der Waals surface area (Å²) in [6, 6.07) is 17.9. The lowest BCUT2D eigenvalue weighted by Crippen LogP contribution is -2.23. The molecule has 130 valence electrons. The molecular formula is C20H16BrN3O2. The Kier molecular flexibility index (Phi) is 5.76. The molecule has 0 aliphatic carbocycles. The molecule has 2 aromatic carbocycles. The molecule has 3 aromatic rings. The molecule has 6 heteroatoms. The zero-order valence-electron chi connectivity index (χ0n) is 13.8. The maximum Gasteiger partial charge on any atom is 0.257 e. The van der Waals surface area contributed by atoms with Crippen molar-refractivity contribution in [3.8, 4) is 0 Å². The summed E-state index contributed by atoms with van der Waals surface area (Å²) in [6.07, 6.45) is 3.12. The van der Waals surface area contributed by atoms with Gasteiger partial charge in [-0.1, -0.05) is 34.1 Å². The summed E-state index contributed by atoms with van der Waals surface area (Å²) in [5.74, 6) is -0.421. The lowest BCUT2D eigenvalue weighted by molar-refractivity contribution is 0.0950. The van der Waals surface area contributed by atoms with Gasteiger partial charge in [0.15, 0.2) is 0 Å². The summed E-state index contributed by atoms with van der Waals surface area (Å²) in [4.78, 5) is 28.5. The highest BCUT2D eigenvalue weighted by molar-refractivity contribution is 9.10. The fourth-order valence-electron chi connectivity index (χ4n) is 2.37. The Labute approximate surface area is 159 Å². The van der Waals surface area contributed by atoms with E-state index in [2.05, 4.69) is 31.5 Å². The Balaban J connectivity index is 1.68. The Bertz CT molecular complexity index is 912. The van der Waals surface area contributed by atoms with E-state index in [1.807, 2.05) is 30.3 Å². The fourth-order valence-corrected chi connectivity index (χ4v) is 2.63. The number of para-hydroxylation sites is 1. The number of benzene rings is 2. The predicted octanol–water partition coefficient (Wildman–Crippen LogP) is 4.03. The average Bonchev–Trinajstić information content (AvgIpc) is 2.68. The maximum atomic E-state index is 12.3. The lowest BCUT2D eigenvalue weighted by atomic mass is 10.1. The molecule has 0 saturated carbocycles. The second-order valence-corrected chi connectivity index (χ2v) is 6.46. The molecule has 1 heterocycles. The Morgan fingerprint density at radius 1 is 0.885 bits per heavy atom. The predicted molar refractivity (Wildman–Crippen MR) is 104 cm³/mol. The van der Waals surface area contributed by atoms with E-state index in [4.69, 9.17) is 0 Å².